The van der Waals surface area contributed by atoms with Gasteiger partial charge in [-0.3, -0.25) is 19.3 Å². The van der Waals surface area contributed by atoms with Gasteiger partial charge >= 0.3 is 0 Å². The van der Waals surface area contributed by atoms with Gasteiger partial charge in [0, 0.05) is 43.7 Å². The van der Waals surface area contributed by atoms with Gasteiger partial charge in [-0.15, -0.1) is 0 Å². The highest BCUT2D eigenvalue weighted by molar-refractivity contribution is 6.31. The number of amides is 3. The van der Waals surface area contributed by atoms with Crippen molar-refractivity contribution in [1.82, 2.24) is 9.80 Å². The summed E-state index contributed by atoms with van der Waals surface area (Å²) in [6.45, 7) is 4.54. The summed E-state index contributed by atoms with van der Waals surface area (Å²) < 4.78 is 0. The largest absolute Gasteiger partial charge is 0.340 e. The van der Waals surface area contributed by atoms with Gasteiger partial charge in [-0.05, 0) is 30.7 Å². The van der Waals surface area contributed by atoms with Crippen LogP contribution >= 0.6 is 11.6 Å². The van der Waals surface area contributed by atoms with Gasteiger partial charge in [-0.2, -0.15) is 0 Å². The summed E-state index contributed by atoms with van der Waals surface area (Å²) in [5, 5.41) is 3.49. The van der Waals surface area contributed by atoms with Crippen LogP contribution in [0.25, 0.3) is 0 Å². The number of hydrogen-bond acceptors (Lipinski definition) is 4. The molecule has 0 spiro atoms. The predicted molar refractivity (Wildman–Crippen MR) is 125 cm³/mol. The lowest BCUT2D eigenvalue weighted by molar-refractivity contribution is -0.132. The molecular formula is C24H27ClN4O3. The number of nitrogens with zero attached hydrogens (tertiary/aromatic N) is 3. The molecule has 2 aliphatic rings. The molecular weight excluding hydrogens is 428 g/mol. The van der Waals surface area contributed by atoms with Crippen LogP contribution in [0.3, 0.4) is 0 Å². The zero-order chi connectivity index (χ0) is 22.7. The van der Waals surface area contributed by atoms with E-state index in [4.69, 9.17) is 11.6 Å². The topological polar surface area (TPSA) is 73.0 Å². The van der Waals surface area contributed by atoms with Crippen LogP contribution in [0.4, 0.5) is 11.4 Å². The van der Waals surface area contributed by atoms with Gasteiger partial charge in [0.05, 0.1) is 24.3 Å². The highest BCUT2D eigenvalue weighted by atomic mass is 35.5. The van der Waals surface area contributed by atoms with Crippen molar-refractivity contribution in [3.63, 3.8) is 0 Å². The monoisotopic (exact) mass is 454 g/mol. The van der Waals surface area contributed by atoms with Crippen molar-refractivity contribution in [2.75, 3.05) is 42.9 Å². The number of fused-ring (bicyclic) bond motifs is 1. The van der Waals surface area contributed by atoms with Crippen molar-refractivity contribution in [3.05, 3.63) is 59.1 Å². The zero-order valence-electron chi connectivity index (χ0n) is 18.1. The lowest BCUT2D eigenvalue weighted by Gasteiger charge is -2.36. The van der Waals surface area contributed by atoms with Gasteiger partial charge in [0.2, 0.25) is 17.7 Å². The molecule has 1 N–H and O–H groups in total. The molecule has 0 bridgehead atoms. The average molecular weight is 455 g/mol. The molecule has 1 saturated heterocycles. The normalized spacial score (nSPS) is 19.2. The zero-order valence-corrected chi connectivity index (χ0v) is 18.8. The molecule has 2 aromatic rings. The van der Waals surface area contributed by atoms with E-state index >= 15 is 0 Å². The van der Waals surface area contributed by atoms with Crippen LogP contribution in [0, 0.1) is 0 Å². The number of carbonyl (C=O) groups is 3. The molecule has 3 amide bonds. The third kappa shape index (κ3) is 4.95. The van der Waals surface area contributed by atoms with Crippen molar-refractivity contribution in [2.24, 2.45) is 0 Å². The van der Waals surface area contributed by atoms with E-state index in [-0.39, 0.29) is 43.1 Å². The van der Waals surface area contributed by atoms with E-state index < -0.39 is 0 Å². The summed E-state index contributed by atoms with van der Waals surface area (Å²) in [5.41, 5.74) is 2.21. The Labute approximate surface area is 192 Å². The maximum absolute atomic E-state index is 13.2. The Morgan fingerprint density at radius 3 is 2.44 bits per heavy atom. The highest BCUT2D eigenvalue weighted by Gasteiger charge is 2.31. The van der Waals surface area contributed by atoms with E-state index in [0.29, 0.717) is 36.9 Å². The molecule has 2 aromatic carbocycles. The molecule has 0 aliphatic carbocycles. The average Bonchev–Trinajstić information content (AvgIpc) is 2.89. The minimum absolute atomic E-state index is 0.0442. The van der Waals surface area contributed by atoms with Crippen molar-refractivity contribution in [1.29, 1.82) is 0 Å². The molecule has 32 heavy (non-hydrogen) atoms. The summed E-state index contributed by atoms with van der Waals surface area (Å²) in [4.78, 5) is 43.7. The molecule has 0 aromatic heterocycles. The minimum Gasteiger partial charge on any atom is -0.340 e. The van der Waals surface area contributed by atoms with E-state index in [1.165, 1.54) is 0 Å². The van der Waals surface area contributed by atoms with Crippen molar-refractivity contribution >= 4 is 40.7 Å². The van der Waals surface area contributed by atoms with Crippen LogP contribution in [0.1, 0.15) is 18.9 Å². The number of piperazine rings is 1. The molecule has 0 radical (unpaired) electrons. The summed E-state index contributed by atoms with van der Waals surface area (Å²) in [6.07, 6.45) is 0.534. The number of benzene rings is 2. The number of para-hydroxylation sites is 2. The van der Waals surface area contributed by atoms with E-state index in [9.17, 15) is 14.4 Å². The van der Waals surface area contributed by atoms with E-state index in [1.54, 1.807) is 11.0 Å². The fourth-order valence-electron chi connectivity index (χ4n) is 4.31. The Morgan fingerprint density at radius 2 is 1.69 bits per heavy atom. The second-order valence-corrected chi connectivity index (χ2v) is 8.71. The van der Waals surface area contributed by atoms with Crippen molar-refractivity contribution in [2.45, 2.75) is 25.8 Å². The van der Waals surface area contributed by atoms with Crippen molar-refractivity contribution < 1.29 is 14.4 Å². The Balaban J connectivity index is 1.36. The Morgan fingerprint density at radius 1 is 1.00 bits per heavy atom. The van der Waals surface area contributed by atoms with Gasteiger partial charge in [0.25, 0.3) is 0 Å². The fraction of sp³-hybridized carbons (Fsp3) is 0.375. The Hall–Kier alpha value is -2.90. The van der Waals surface area contributed by atoms with Gasteiger partial charge in [0.1, 0.15) is 0 Å². The van der Waals surface area contributed by atoms with E-state index in [2.05, 4.69) is 10.2 Å². The number of anilines is 2. The van der Waals surface area contributed by atoms with E-state index in [1.807, 2.05) is 54.3 Å². The van der Waals surface area contributed by atoms with Crippen LogP contribution in [0.2, 0.25) is 5.02 Å². The smallest absolute Gasteiger partial charge is 0.241 e. The maximum Gasteiger partial charge on any atom is 0.241 e. The SMILES string of the molecule is CC1CC(=O)Nc2ccccc2N1C(=O)CN1CCN(C(=O)Cc2ccccc2Cl)CC1. The van der Waals surface area contributed by atoms with Crippen LogP contribution in [-0.4, -0.2) is 66.3 Å². The second kappa shape index (κ2) is 9.71. The fourth-order valence-corrected chi connectivity index (χ4v) is 4.51. The predicted octanol–water partition coefficient (Wildman–Crippen LogP) is 2.79. The quantitative estimate of drug-likeness (QED) is 0.771. The molecule has 1 unspecified atom stereocenters. The number of hydrogen-bond donors (Lipinski definition) is 1. The molecule has 2 heterocycles. The van der Waals surface area contributed by atoms with Gasteiger partial charge < -0.3 is 15.1 Å². The van der Waals surface area contributed by atoms with Crippen LogP contribution in [0.15, 0.2) is 48.5 Å². The Bertz CT molecular complexity index is 1020. The highest BCUT2D eigenvalue weighted by Crippen LogP contribution is 2.31. The molecule has 8 heteroatoms. The minimum atomic E-state index is -0.232. The van der Waals surface area contributed by atoms with Crippen molar-refractivity contribution in [3.8, 4) is 0 Å². The number of halogens is 1. The number of carbonyl (C=O) groups excluding carboxylic acids is 3. The maximum atomic E-state index is 13.2. The Kier molecular flexibility index (Phi) is 6.77. The third-order valence-electron chi connectivity index (χ3n) is 6.01. The molecule has 4 rings (SSSR count). The summed E-state index contributed by atoms with van der Waals surface area (Å²) in [6, 6.07) is 14.5. The molecule has 0 saturated carbocycles. The summed E-state index contributed by atoms with van der Waals surface area (Å²) in [5.74, 6) is -0.0908. The molecule has 1 fully saturated rings. The molecule has 168 valence electrons. The van der Waals surface area contributed by atoms with Crippen LogP contribution < -0.4 is 10.2 Å². The third-order valence-corrected chi connectivity index (χ3v) is 6.38. The first-order valence-electron chi connectivity index (χ1n) is 10.9. The molecule has 2 aliphatic heterocycles. The second-order valence-electron chi connectivity index (χ2n) is 8.31. The molecule has 1 atom stereocenters. The molecule has 7 nitrogen and oxygen atoms in total. The van der Waals surface area contributed by atoms with Crippen LogP contribution in [0.5, 0.6) is 0 Å². The standard InChI is InChI=1S/C24H27ClN4O3/c1-17-14-22(30)26-20-8-4-5-9-21(20)29(17)24(32)16-27-10-12-28(13-11-27)23(31)15-18-6-2-3-7-19(18)25/h2-9,17H,10-16H2,1H3,(H,26,30). The number of nitrogens with one attached hydrogen (secondary N) is 1. The first-order chi connectivity index (χ1) is 15.4. The van der Waals surface area contributed by atoms with Crippen LogP contribution in [-0.2, 0) is 20.8 Å². The van der Waals surface area contributed by atoms with Gasteiger partial charge in [0.15, 0.2) is 0 Å². The van der Waals surface area contributed by atoms with Gasteiger partial charge in [-0.25, -0.2) is 0 Å². The van der Waals surface area contributed by atoms with Gasteiger partial charge in [-0.1, -0.05) is 41.9 Å². The lowest BCUT2D eigenvalue weighted by Crippen LogP contribution is -2.52. The van der Waals surface area contributed by atoms with E-state index in [0.717, 1.165) is 11.3 Å². The first kappa shape index (κ1) is 22.3. The first-order valence-corrected chi connectivity index (χ1v) is 11.2. The summed E-state index contributed by atoms with van der Waals surface area (Å²) >= 11 is 6.18. The lowest BCUT2D eigenvalue weighted by atomic mass is 10.1. The summed E-state index contributed by atoms with van der Waals surface area (Å²) in [7, 11) is 0. The number of rotatable bonds is 4.